The van der Waals surface area contributed by atoms with E-state index in [1.165, 1.54) is 19.3 Å². The summed E-state index contributed by atoms with van der Waals surface area (Å²) in [7, 11) is 0. The molecule has 0 spiro atoms. The van der Waals surface area contributed by atoms with Crippen molar-refractivity contribution in [3.05, 3.63) is 35.6 Å². The molecule has 54 heavy (non-hydrogen) atoms. The van der Waals surface area contributed by atoms with Gasteiger partial charge in [-0.3, -0.25) is 4.79 Å². The average molecular weight is 751 g/mol. The van der Waals surface area contributed by atoms with Crippen LogP contribution in [-0.2, 0) is 9.53 Å². The van der Waals surface area contributed by atoms with Crippen molar-refractivity contribution in [1.82, 2.24) is 5.32 Å². The van der Waals surface area contributed by atoms with Crippen LogP contribution >= 0.6 is 0 Å². The van der Waals surface area contributed by atoms with E-state index in [1.807, 2.05) is 25.3 Å². The summed E-state index contributed by atoms with van der Waals surface area (Å²) in [6.07, 6.45) is 19.3. The number of aliphatic hydroxyl groups excluding tert-OH is 3. The molecule has 6 fully saturated rings. The van der Waals surface area contributed by atoms with Gasteiger partial charge < -0.3 is 41.3 Å². The minimum absolute atomic E-state index is 0.0562. The summed E-state index contributed by atoms with van der Waals surface area (Å²) in [5, 5.41) is 64.3. The first-order valence-electron chi connectivity index (χ1n) is 22.1. The third kappa shape index (κ3) is 6.07. The molecule has 9 heteroatoms. The van der Waals surface area contributed by atoms with Crippen molar-refractivity contribution in [2.75, 3.05) is 0 Å². The van der Waals surface area contributed by atoms with Crippen molar-refractivity contribution in [2.45, 2.75) is 184 Å². The Hall–Kier alpha value is -1.59. The maximum atomic E-state index is 14.4. The fraction of sp³-hybridized carbons (Fsp3) is 0.844. The van der Waals surface area contributed by atoms with Crippen LogP contribution in [0.5, 0.6) is 0 Å². The van der Waals surface area contributed by atoms with Gasteiger partial charge in [0.05, 0.1) is 41.8 Å². The molecule has 0 aromatic heterocycles. The lowest BCUT2D eigenvalue weighted by Gasteiger charge is -2.64. The molecule has 6 aliphatic carbocycles. The molecule has 2 aliphatic heterocycles. The second-order valence-corrected chi connectivity index (χ2v) is 19.8. The first kappa shape index (κ1) is 39.2. The van der Waals surface area contributed by atoms with Crippen molar-refractivity contribution in [3.8, 4) is 0 Å². The molecule has 1 saturated heterocycles. The molecule has 8 rings (SSSR count). The van der Waals surface area contributed by atoms with E-state index < -0.39 is 52.4 Å². The number of hydrogen-bond donors (Lipinski definition) is 7. The molecule has 16 atom stereocenters. The number of ketones is 1. The van der Waals surface area contributed by atoms with Gasteiger partial charge in [0.25, 0.3) is 0 Å². The van der Waals surface area contributed by atoms with E-state index in [0.29, 0.717) is 44.4 Å². The van der Waals surface area contributed by atoms with E-state index in [2.05, 4.69) is 19.2 Å². The number of nitrogens with one attached hydrogen (secondary N) is 1. The van der Waals surface area contributed by atoms with Gasteiger partial charge in [-0.2, -0.15) is 0 Å². The second kappa shape index (κ2) is 14.7. The lowest BCUT2D eigenvalue weighted by molar-refractivity contribution is -0.216. The number of carbonyl (C=O) groups excluding carboxylic acids is 1. The monoisotopic (exact) mass is 751 g/mol. The Kier molecular flexibility index (Phi) is 10.7. The first-order chi connectivity index (χ1) is 25.8. The topological polar surface area (TPSA) is 166 Å². The highest BCUT2D eigenvalue weighted by Gasteiger charge is 2.73. The molecule has 2 heterocycles. The molecule has 0 radical (unpaired) electrons. The number of nitrogens with two attached hydrogens (primary N) is 1. The van der Waals surface area contributed by atoms with Gasteiger partial charge in [-0.15, -0.1) is 0 Å². The van der Waals surface area contributed by atoms with Crippen LogP contribution in [0, 0.1) is 52.3 Å². The summed E-state index contributed by atoms with van der Waals surface area (Å²) in [5.74, 6) is 0.397. The Balaban J connectivity index is 1.12. The molecule has 8 aliphatic rings. The number of rotatable bonds is 9. The van der Waals surface area contributed by atoms with Gasteiger partial charge in [0.1, 0.15) is 6.10 Å². The Bertz CT molecular complexity index is 1500. The molecule has 1 unspecified atom stereocenters. The van der Waals surface area contributed by atoms with Crippen molar-refractivity contribution in [1.29, 1.82) is 0 Å². The zero-order chi connectivity index (χ0) is 38.2. The normalized spacial score (nSPS) is 48.0. The van der Waals surface area contributed by atoms with Crippen molar-refractivity contribution < 1.29 is 35.1 Å². The van der Waals surface area contributed by atoms with E-state index in [1.54, 1.807) is 6.08 Å². The van der Waals surface area contributed by atoms with Crippen molar-refractivity contribution in [3.63, 3.8) is 0 Å². The quantitative estimate of drug-likeness (QED) is 0.160. The number of aliphatic hydroxyl groups is 5. The van der Waals surface area contributed by atoms with Crippen LogP contribution in [0.4, 0.5) is 0 Å². The van der Waals surface area contributed by atoms with Gasteiger partial charge in [0.2, 0.25) is 0 Å². The number of carbonyl (C=O) groups is 1. The number of dihydropyridines is 1. The molecule has 5 saturated carbocycles. The SMILES string of the molecule is CCC[C@@H]1CC[C@H]2[C@H](C)[C@H]([C@@H](O)[C@](C)(O)[C@H]3CC[C@@]4(O)C5=CC(=O)[C@@H]6C[C@@H](O)[C@@H](O)C[C@]6(CCC6=CNC(N)C=C6)[C@H]5CC[C@]34C3CCCC3)O[C@@H]2CC1. The van der Waals surface area contributed by atoms with Gasteiger partial charge in [-0.1, -0.05) is 52.0 Å². The summed E-state index contributed by atoms with van der Waals surface area (Å²) in [4.78, 5) is 14.4. The fourth-order valence-electron chi connectivity index (χ4n) is 14.8. The molecule has 0 aromatic carbocycles. The number of hydrogen-bond acceptors (Lipinski definition) is 9. The smallest absolute Gasteiger partial charge is 0.159 e. The van der Waals surface area contributed by atoms with Crippen LogP contribution in [0.25, 0.3) is 0 Å². The minimum atomic E-state index is -1.51. The number of fused-ring (bicyclic) bond motifs is 6. The summed E-state index contributed by atoms with van der Waals surface area (Å²) >= 11 is 0. The van der Waals surface area contributed by atoms with E-state index in [0.717, 1.165) is 68.4 Å². The highest BCUT2D eigenvalue weighted by molar-refractivity contribution is 5.95. The van der Waals surface area contributed by atoms with Crippen LogP contribution in [0.1, 0.15) is 136 Å². The molecule has 0 amide bonds. The maximum Gasteiger partial charge on any atom is 0.159 e. The standard InChI is InChI=1S/C45H70N2O7/c1-4-7-27-10-13-30-26(2)40(54-37(30)14-11-27)41(51)42(3,52)38-18-21-45(53)32-22-34(48)33-23-35(49)36(50)24-43(33,19-16-28-12-15-39(46)47-25-28)31(32)17-20-44(38,45)29-8-5-6-9-29/h12,15,22,25-27,29-31,33,35-41,47,49-53H,4-11,13-14,16-21,23-24,46H2,1-3H3/t26-,27+,30-,31-,33-,35+,36-,37+,38+,39?,40+,41+,42+,43+,44-,45+/m0/s1. The molecular formula is C45H70N2O7. The summed E-state index contributed by atoms with van der Waals surface area (Å²) in [5.41, 5.74) is 3.75. The van der Waals surface area contributed by atoms with E-state index in [-0.39, 0.29) is 48.1 Å². The number of allylic oxidation sites excluding steroid dienone is 3. The van der Waals surface area contributed by atoms with Crippen LogP contribution in [0.2, 0.25) is 0 Å². The predicted octanol–water partition coefficient (Wildman–Crippen LogP) is 5.57. The van der Waals surface area contributed by atoms with Gasteiger partial charge in [0, 0.05) is 17.5 Å². The van der Waals surface area contributed by atoms with E-state index in [9.17, 15) is 30.3 Å². The zero-order valence-electron chi connectivity index (χ0n) is 33.2. The molecule has 0 bridgehead atoms. The van der Waals surface area contributed by atoms with Gasteiger partial charge in [0.15, 0.2) is 5.78 Å². The third-order valence-electron chi connectivity index (χ3n) is 17.5. The Morgan fingerprint density at radius 1 is 1.04 bits per heavy atom. The summed E-state index contributed by atoms with van der Waals surface area (Å²) in [6, 6.07) is 0. The highest BCUT2D eigenvalue weighted by atomic mass is 16.5. The fourth-order valence-corrected chi connectivity index (χ4v) is 14.8. The molecule has 9 nitrogen and oxygen atoms in total. The largest absolute Gasteiger partial charge is 0.390 e. The predicted molar refractivity (Wildman–Crippen MR) is 207 cm³/mol. The summed E-state index contributed by atoms with van der Waals surface area (Å²) < 4.78 is 6.79. The second-order valence-electron chi connectivity index (χ2n) is 19.8. The lowest BCUT2D eigenvalue weighted by Crippen LogP contribution is -2.66. The van der Waals surface area contributed by atoms with Crippen LogP contribution in [0.15, 0.2) is 35.6 Å². The molecule has 8 N–H and O–H groups in total. The van der Waals surface area contributed by atoms with E-state index in [4.69, 9.17) is 10.5 Å². The number of ether oxygens (including phenoxy) is 1. The Labute approximate surface area is 323 Å². The Morgan fingerprint density at radius 3 is 2.52 bits per heavy atom. The van der Waals surface area contributed by atoms with Crippen LogP contribution in [-0.4, -0.2) is 79.2 Å². The average Bonchev–Trinajstić information content (AvgIpc) is 3.84. The molecular weight excluding hydrogens is 681 g/mol. The third-order valence-corrected chi connectivity index (χ3v) is 17.5. The molecule has 302 valence electrons. The Morgan fingerprint density at radius 2 is 1.80 bits per heavy atom. The summed E-state index contributed by atoms with van der Waals surface area (Å²) in [6.45, 7) is 6.30. The first-order valence-corrected chi connectivity index (χ1v) is 22.1. The highest BCUT2D eigenvalue weighted by Crippen LogP contribution is 2.73. The van der Waals surface area contributed by atoms with Gasteiger partial charge in [-0.05, 0) is 155 Å². The van der Waals surface area contributed by atoms with Gasteiger partial charge >= 0.3 is 0 Å². The maximum absolute atomic E-state index is 14.4. The van der Waals surface area contributed by atoms with Crippen LogP contribution < -0.4 is 11.1 Å². The van der Waals surface area contributed by atoms with Crippen molar-refractivity contribution in [2.24, 2.45) is 58.0 Å². The lowest BCUT2D eigenvalue weighted by atomic mass is 9.42. The zero-order valence-corrected chi connectivity index (χ0v) is 33.2. The van der Waals surface area contributed by atoms with Gasteiger partial charge in [-0.25, -0.2) is 0 Å². The molecule has 0 aromatic rings. The van der Waals surface area contributed by atoms with Crippen molar-refractivity contribution >= 4 is 5.78 Å². The van der Waals surface area contributed by atoms with E-state index >= 15 is 0 Å². The van der Waals surface area contributed by atoms with Crippen LogP contribution in [0.3, 0.4) is 0 Å². The minimum Gasteiger partial charge on any atom is -0.390 e.